The van der Waals surface area contributed by atoms with E-state index in [4.69, 9.17) is 5.73 Å². The molecule has 1 aliphatic rings. The van der Waals surface area contributed by atoms with Crippen molar-refractivity contribution in [2.24, 2.45) is 11.7 Å². The highest BCUT2D eigenvalue weighted by atomic mass is 16.1. The highest BCUT2D eigenvalue weighted by Gasteiger charge is 2.27. The first kappa shape index (κ1) is 6.49. The van der Waals surface area contributed by atoms with Crippen LogP contribution in [0, 0.1) is 5.92 Å². The van der Waals surface area contributed by atoms with E-state index < -0.39 is 0 Å². The minimum absolute atomic E-state index is 0.180. The van der Waals surface area contributed by atoms with Gasteiger partial charge in [0.1, 0.15) is 5.78 Å². The van der Waals surface area contributed by atoms with Crippen LogP contribution in [0.3, 0.4) is 0 Å². The van der Waals surface area contributed by atoms with Crippen molar-refractivity contribution in [3.8, 4) is 0 Å². The Morgan fingerprint density at radius 3 is 2.67 bits per heavy atom. The van der Waals surface area contributed by atoms with E-state index >= 15 is 0 Å². The van der Waals surface area contributed by atoms with Gasteiger partial charge in [-0.3, -0.25) is 4.79 Å². The van der Waals surface area contributed by atoms with Gasteiger partial charge < -0.3 is 5.73 Å². The lowest BCUT2D eigenvalue weighted by atomic mass is 10.1. The molecule has 1 saturated carbocycles. The van der Waals surface area contributed by atoms with Gasteiger partial charge in [-0.15, -0.1) is 6.58 Å². The Bertz CT molecular complexity index is 142. The van der Waals surface area contributed by atoms with Crippen LogP contribution in [-0.2, 0) is 4.79 Å². The van der Waals surface area contributed by atoms with E-state index in [0.29, 0.717) is 12.3 Å². The van der Waals surface area contributed by atoms with E-state index in [1.165, 1.54) is 0 Å². The van der Waals surface area contributed by atoms with Crippen molar-refractivity contribution in [1.29, 1.82) is 0 Å². The fourth-order valence-electron chi connectivity index (χ4n) is 1.13. The maximum Gasteiger partial charge on any atom is 0.150 e. The summed E-state index contributed by atoms with van der Waals surface area (Å²) in [6, 6.07) is -0.215. The quantitative estimate of drug-likeness (QED) is 0.518. The number of nitrogens with two attached hydrogens (primary N) is 1. The van der Waals surface area contributed by atoms with Crippen LogP contribution in [0.4, 0.5) is 0 Å². The van der Waals surface area contributed by atoms with Crippen LogP contribution in [0.5, 0.6) is 0 Å². The van der Waals surface area contributed by atoms with E-state index in [1.54, 1.807) is 0 Å². The molecule has 50 valence electrons. The fraction of sp³-hybridized carbons (Fsp3) is 0.571. The summed E-state index contributed by atoms with van der Waals surface area (Å²) in [7, 11) is 0. The van der Waals surface area contributed by atoms with E-state index in [2.05, 4.69) is 6.58 Å². The van der Waals surface area contributed by atoms with Crippen molar-refractivity contribution in [3.63, 3.8) is 0 Å². The van der Waals surface area contributed by atoms with Crippen LogP contribution in [0.2, 0.25) is 0 Å². The Balaban J connectivity index is 2.53. The van der Waals surface area contributed by atoms with Crippen LogP contribution >= 0.6 is 0 Å². The normalized spacial score (nSPS) is 35.0. The molecule has 1 rings (SSSR count). The molecule has 0 aliphatic heterocycles. The zero-order valence-electron chi connectivity index (χ0n) is 5.34. The van der Waals surface area contributed by atoms with Gasteiger partial charge in [0.05, 0.1) is 6.04 Å². The molecule has 2 N–H and O–H groups in total. The number of Topliss-reactive ketones (excluding diaryl/α,β-unsaturated/α-hetero) is 1. The minimum Gasteiger partial charge on any atom is -0.321 e. The molecule has 0 saturated heterocycles. The summed E-state index contributed by atoms with van der Waals surface area (Å²) in [4.78, 5) is 10.8. The lowest BCUT2D eigenvalue weighted by Gasteiger charge is -1.97. The van der Waals surface area contributed by atoms with Gasteiger partial charge in [-0.05, 0) is 12.3 Å². The maximum atomic E-state index is 10.8. The third-order valence-electron chi connectivity index (χ3n) is 1.77. The van der Waals surface area contributed by atoms with Crippen molar-refractivity contribution in [3.05, 3.63) is 12.7 Å². The van der Waals surface area contributed by atoms with Crippen LogP contribution in [0.15, 0.2) is 12.7 Å². The molecule has 0 aromatic carbocycles. The largest absolute Gasteiger partial charge is 0.321 e. The standard InChI is InChI=1S/C7H11NO/c1-2-5-3-6(8)7(9)4-5/h2,5-6H,1,3-4,8H2. The van der Waals surface area contributed by atoms with Gasteiger partial charge in [0.2, 0.25) is 0 Å². The van der Waals surface area contributed by atoms with Gasteiger partial charge in [0.25, 0.3) is 0 Å². The third kappa shape index (κ3) is 1.19. The maximum absolute atomic E-state index is 10.8. The van der Waals surface area contributed by atoms with Crippen LogP contribution < -0.4 is 5.73 Å². The second-order valence-corrected chi connectivity index (χ2v) is 2.51. The minimum atomic E-state index is -0.215. The van der Waals surface area contributed by atoms with Crippen molar-refractivity contribution < 1.29 is 4.79 Å². The van der Waals surface area contributed by atoms with Gasteiger partial charge in [-0.25, -0.2) is 0 Å². The van der Waals surface area contributed by atoms with Gasteiger partial charge in [-0.2, -0.15) is 0 Å². The topological polar surface area (TPSA) is 43.1 Å². The molecule has 0 spiro atoms. The summed E-state index contributed by atoms with van der Waals surface area (Å²) in [6.45, 7) is 3.60. The monoisotopic (exact) mass is 125 g/mol. The van der Waals surface area contributed by atoms with Crippen LogP contribution in [-0.4, -0.2) is 11.8 Å². The highest BCUT2D eigenvalue weighted by molar-refractivity contribution is 5.86. The predicted octanol–water partition coefficient (Wildman–Crippen LogP) is 0.479. The molecule has 0 bridgehead atoms. The molecular formula is C7H11NO. The van der Waals surface area contributed by atoms with E-state index in [1.807, 2.05) is 6.08 Å². The summed E-state index contributed by atoms with van der Waals surface area (Å²) in [5.41, 5.74) is 5.45. The Morgan fingerprint density at radius 2 is 2.44 bits per heavy atom. The number of carbonyl (C=O) groups excluding carboxylic acids is 1. The van der Waals surface area contributed by atoms with Crippen molar-refractivity contribution in [2.75, 3.05) is 0 Å². The lowest BCUT2D eigenvalue weighted by Crippen LogP contribution is -2.23. The Morgan fingerprint density at radius 1 is 1.78 bits per heavy atom. The van der Waals surface area contributed by atoms with Gasteiger partial charge in [0.15, 0.2) is 0 Å². The molecule has 0 amide bonds. The smallest absolute Gasteiger partial charge is 0.150 e. The molecule has 2 heteroatoms. The molecule has 1 fully saturated rings. The van der Waals surface area contributed by atoms with Crippen LogP contribution in [0.25, 0.3) is 0 Å². The van der Waals surface area contributed by atoms with Gasteiger partial charge >= 0.3 is 0 Å². The first-order valence-electron chi connectivity index (χ1n) is 3.15. The fourth-order valence-corrected chi connectivity index (χ4v) is 1.13. The first-order chi connectivity index (χ1) is 4.24. The number of carbonyl (C=O) groups is 1. The average molecular weight is 125 g/mol. The number of ketones is 1. The number of allylic oxidation sites excluding steroid dienone is 1. The van der Waals surface area contributed by atoms with E-state index in [9.17, 15) is 4.79 Å². The van der Waals surface area contributed by atoms with Gasteiger partial charge in [0, 0.05) is 6.42 Å². The number of hydrogen-bond acceptors (Lipinski definition) is 2. The molecule has 1 aliphatic carbocycles. The zero-order valence-corrected chi connectivity index (χ0v) is 5.34. The summed E-state index contributed by atoms with van der Waals surface area (Å²) in [5, 5.41) is 0. The van der Waals surface area contributed by atoms with Crippen molar-refractivity contribution in [1.82, 2.24) is 0 Å². The van der Waals surface area contributed by atoms with Gasteiger partial charge in [-0.1, -0.05) is 6.08 Å². The molecule has 2 atom stereocenters. The molecule has 9 heavy (non-hydrogen) atoms. The summed E-state index contributed by atoms with van der Waals surface area (Å²) >= 11 is 0. The Labute approximate surface area is 54.7 Å². The molecule has 2 unspecified atom stereocenters. The van der Waals surface area contributed by atoms with E-state index in [0.717, 1.165) is 6.42 Å². The lowest BCUT2D eigenvalue weighted by molar-refractivity contribution is -0.118. The average Bonchev–Trinajstić information content (AvgIpc) is 2.13. The second kappa shape index (κ2) is 2.31. The summed E-state index contributed by atoms with van der Waals surface area (Å²) in [5.74, 6) is 0.521. The molecule has 2 nitrogen and oxygen atoms in total. The number of rotatable bonds is 1. The summed E-state index contributed by atoms with van der Waals surface area (Å²) < 4.78 is 0. The second-order valence-electron chi connectivity index (χ2n) is 2.51. The summed E-state index contributed by atoms with van der Waals surface area (Å²) in [6.07, 6.45) is 3.21. The predicted molar refractivity (Wildman–Crippen MR) is 35.9 cm³/mol. The molecular weight excluding hydrogens is 114 g/mol. The first-order valence-corrected chi connectivity index (χ1v) is 3.15. The highest BCUT2D eigenvalue weighted by Crippen LogP contribution is 2.21. The SMILES string of the molecule is C=CC1CC(=O)C(N)C1. The van der Waals surface area contributed by atoms with E-state index in [-0.39, 0.29) is 11.8 Å². The third-order valence-corrected chi connectivity index (χ3v) is 1.77. The molecule has 0 aromatic heterocycles. The molecule has 0 aromatic rings. The molecule has 0 heterocycles. The van der Waals surface area contributed by atoms with Crippen molar-refractivity contribution >= 4 is 5.78 Å². The Hall–Kier alpha value is -0.630. The van der Waals surface area contributed by atoms with Crippen molar-refractivity contribution in [2.45, 2.75) is 18.9 Å². The molecule has 0 radical (unpaired) electrons. The number of hydrogen-bond donors (Lipinski definition) is 1. The van der Waals surface area contributed by atoms with Crippen LogP contribution in [0.1, 0.15) is 12.8 Å². The zero-order chi connectivity index (χ0) is 6.85. The Kier molecular flexibility index (Phi) is 1.67.